The molecule has 0 bridgehead atoms. The maximum atomic E-state index is 11.8. The fourth-order valence-electron chi connectivity index (χ4n) is 0.905. The van der Waals surface area contributed by atoms with Gasteiger partial charge < -0.3 is 14.4 Å². The fourth-order valence-corrected chi connectivity index (χ4v) is 2.18. The highest BCUT2D eigenvalue weighted by Crippen LogP contribution is 2.39. The standard InChI is InChI=1S/C8H15F3NO4P.C2H3F3O/c1-4-15-7(13)6(2)12-17(3,14)16-5-8(9,10)11;3-2(4,5)1-6/h6H,4-5H2,1-3H3,(H,12,14);6H,1H2. The van der Waals surface area contributed by atoms with E-state index in [0.29, 0.717) is 0 Å². The summed E-state index contributed by atoms with van der Waals surface area (Å²) in [6.45, 7) is 0.633. The van der Waals surface area contributed by atoms with Gasteiger partial charge in [0.2, 0.25) is 0 Å². The first-order valence-corrected chi connectivity index (χ1v) is 8.11. The molecule has 0 radical (unpaired) electrons. The second kappa shape index (κ2) is 10.1. The average Bonchev–Trinajstić information content (AvgIpc) is 2.35. The summed E-state index contributed by atoms with van der Waals surface area (Å²) < 4.78 is 87.5. The zero-order valence-corrected chi connectivity index (χ0v) is 13.4. The lowest BCUT2D eigenvalue weighted by Crippen LogP contribution is -2.34. The summed E-state index contributed by atoms with van der Waals surface area (Å²) in [7, 11) is -3.69. The summed E-state index contributed by atoms with van der Waals surface area (Å²) in [4.78, 5) is 11.1. The zero-order valence-electron chi connectivity index (χ0n) is 12.5. The predicted octanol–water partition coefficient (Wildman–Crippen LogP) is 2.47. The number of ether oxygens (including phenoxy) is 1. The molecule has 2 N–H and O–H groups in total. The molecule has 2 unspecified atom stereocenters. The zero-order chi connectivity index (χ0) is 18.9. The molecule has 0 saturated heterocycles. The average molecular weight is 377 g/mol. The molecule has 13 heteroatoms. The number of rotatable bonds is 6. The Kier molecular flexibility index (Phi) is 10.7. The van der Waals surface area contributed by atoms with E-state index in [-0.39, 0.29) is 6.61 Å². The Labute approximate surface area is 128 Å². The van der Waals surface area contributed by atoms with Gasteiger partial charge in [-0.1, -0.05) is 0 Å². The van der Waals surface area contributed by atoms with Crippen molar-refractivity contribution in [1.82, 2.24) is 5.09 Å². The van der Waals surface area contributed by atoms with Crippen molar-refractivity contribution in [2.75, 3.05) is 26.5 Å². The Hall–Kier alpha value is -0.840. The van der Waals surface area contributed by atoms with Gasteiger partial charge in [0.1, 0.15) is 12.6 Å². The second-order valence-electron chi connectivity index (χ2n) is 4.11. The van der Waals surface area contributed by atoms with E-state index in [1.807, 2.05) is 0 Å². The van der Waals surface area contributed by atoms with Gasteiger partial charge in [-0.25, -0.2) is 5.09 Å². The molecule has 0 aromatic heterocycles. The third-order valence-corrected chi connectivity index (χ3v) is 3.20. The minimum absolute atomic E-state index is 0.127. The van der Waals surface area contributed by atoms with Crippen LogP contribution in [0.4, 0.5) is 26.3 Å². The lowest BCUT2D eigenvalue weighted by atomic mass is 10.4. The minimum atomic E-state index is -4.57. The molecule has 0 aliphatic rings. The molecule has 0 saturated carbocycles. The van der Waals surface area contributed by atoms with E-state index in [4.69, 9.17) is 5.11 Å². The molecule has 0 aliphatic carbocycles. The van der Waals surface area contributed by atoms with Gasteiger partial charge in [-0.15, -0.1) is 0 Å². The van der Waals surface area contributed by atoms with Crippen LogP contribution in [0, 0.1) is 0 Å². The SMILES string of the molecule is CCOC(=O)C(C)NP(C)(=O)OCC(F)(F)F.OCC(F)(F)F. The Morgan fingerprint density at radius 2 is 1.65 bits per heavy atom. The molecule has 0 rings (SSSR count). The number of nitrogens with one attached hydrogen (secondary N) is 1. The number of aliphatic hydroxyl groups is 1. The Morgan fingerprint density at radius 3 is 1.96 bits per heavy atom. The van der Waals surface area contributed by atoms with Gasteiger partial charge in [0.25, 0.3) is 7.52 Å². The number of esters is 1. The van der Waals surface area contributed by atoms with Gasteiger partial charge in [0.15, 0.2) is 6.61 Å². The smallest absolute Gasteiger partial charge is 0.412 e. The van der Waals surface area contributed by atoms with Crippen molar-refractivity contribution < 1.29 is 50.1 Å². The first kappa shape index (κ1) is 24.4. The highest BCUT2D eigenvalue weighted by atomic mass is 31.2. The minimum Gasteiger partial charge on any atom is -0.465 e. The van der Waals surface area contributed by atoms with E-state index in [1.165, 1.54) is 6.92 Å². The number of carbonyl (C=O) groups excluding carboxylic acids is 1. The van der Waals surface area contributed by atoms with E-state index < -0.39 is 45.1 Å². The van der Waals surface area contributed by atoms with Crippen molar-refractivity contribution in [2.45, 2.75) is 32.2 Å². The molecular weight excluding hydrogens is 359 g/mol. The van der Waals surface area contributed by atoms with Gasteiger partial charge in [-0.3, -0.25) is 9.36 Å². The number of hydrogen-bond donors (Lipinski definition) is 2. The molecule has 0 heterocycles. The van der Waals surface area contributed by atoms with Gasteiger partial charge >= 0.3 is 18.3 Å². The van der Waals surface area contributed by atoms with Gasteiger partial charge in [-0.05, 0) is 13.8 Å². The van der Waals surface area contributed by atoms with Crippen molar-refractivity contribution in [2.24, 2.45) is 0 Å². The maximum absolute atomic E-state index is 11.8. The third kappa shape index (κ3) is 17.3. The summed E-state index contributed by atoms with van der Waals surface area (Å²) in [6, 6.07) is -1.00. The lowest BCUT2D eigenvalue weighted by molar-refractivity contribution is -0.159. The van der Waals surface area contributed by atoms with Gasteiger partial charge in [0.05, 0.1) is 6.61 Å². The first-order valence-electron chi connectivity index (χ1n) is 6.04. The molecule has 0 aromatic carbocycles. The summed E-state index contributed by atoms with van der Waals surface area (Å²) in [5.41, 5.74) is 0. The molecule has 0 fully saturated rings. The Bertz CT molecular complexity index is 400. The topological polar surface area (TPSA) is 84.9 Å². The predicted molar refractivity (Wildman–Crippen MR) is 67.9 cm³/mol. The van der Waals surface area contributed by atoms with Gasteiger partial charge in [0, 0.05) is 6.66 Å². The van der Waals surface area contributed by atoms with Crippen molar-refractivity contribution in [1.29, 1.82) is 0 Å². The van der Waals surface area contributed by atoms with Crippen LogP contribution in [0.1, 0.15) is 13.8 Å². The summed E-state index contributed by atoms with van der Waals surface area (Å²) in [6.07, 6.45) is -8.97. The quantitative estimate of drug-likeness (QED) is 0.420. The normalized spacial score (nSPS) is 15.9. The molecule has 0 aliphatic heterocycles. The van der Waals surface area contributed by atoms with E-state index in [9.17, 15) is 35.7 Å². The van der Waals surface area contributed by atoms with Crippen molar-refractivity contribution in [3.63, 3.8) is 0 Å². The number of hydrogen-bond acceptors (Lipinski definition) is 5. The monoisotopic (exact) mass is 377 g/mol. The van der Waals surface area contributed by atoms with Crippen molar-refractivity contribution >= 4 is 13.5 Å². The first-order chi connectivity index (χ1) is 10.1. The van der Waals surface area contributed by atoms with Crippen molar-refractivity contribution in [3.05, 3.63) is 0 Å². The molecule has 140 valence electrons. The molecule has 6 nitrogen and oxygen atoms in total. The van der Waals surface area contributed by atoms with Crippen LogP contribution >= 0.6 is 7.52 Å². The van der Waals surface area contributed by atoms with Crippen LogP contribution in [-0.2, 0) is 18.6 Å². The van der Waals surface area contributed by atoms with Crippen LogP contribution in [0.3, 0.4) is 0 Å². The molecule has 2 atom stereocenters. The fraction of sp³-hybridized carbons (Fsp3) is 0.900. The molecule has 23 heavy (non-hydrogen) atoms. The number of halogens is 6. The van der Waals surface area contributed by atoms with Crippen LogP contribution in [0.2, 0.25) is 0 Å². The van der Waals surface area contributed by atoms with Crippen LogP contribution in [0.5, 0.6) is 0 Å². The van der Waals surface area contributed by atoms with E-state index in [1.54, 1.807) is 6.92 Å². The Balaban J connectivity index is 0. The van der Waals surface area contributed by atoms with Crippen LogP contribution in [0.15, 0.2) is 0 Å². The molecule has 0 spiro atoms. The van der Waals surface area contributed by atoms with Crippen LogP contribution in [0.25, 0.3) is 0 Å². The molecule has 0 aromatic rings. The Morgan fingerprint density at radius 1 is 1.22 bits per heavy atom. The number of carbonyl (C=O) groups is 1. The summed E-state index contributed by atoms with van der Waals surface area (Å²) in [5, 5.41) is 9.45. The van der Waals surface area contributed by atoms with Gasteiger partial charge in [-0.2, -0.15) is 26.3 Å². The summed E-state index contributed by atoms with van der Waals surface area (Å²) in [5.74, 6) is -0.704. The van der Waals surface area contributed by atoms with E-state index >= 15 is 0 Å². The lowest BCUT2D eigenvalue weighted by Gasteiger charge is -2.19. The maximum Gasteiger partial charge on any atom is 0.412 e. The molecule has 0 amide bonds. The largest absolute Gasteiger partial charge is 0.465 e. The third-order valence-electron chi connectivity index (χ3n) is 1.72. The second-order valence-corrected chi connectivity index (χ2v) is 6.32. The summed E-state index contributed by atoms with van der Waals surface area (Å²) >= 11 is 0. The van der Waals surface area contributed by atoms with E-state index in [2.05, 4.69) is 14.3 Å². The molecular formula is C10H18F6NO5P. The number of aliphatic hydroxyl groups excluding tert-OH is 1. The van der Waals surface area contributed by atoms with E-state index in [0.717, 1.165) is 6.66 Å². The van der Waals surface area contributed by atoms with Crippen molar-refractivity contribution in [3.8, 4) is 0 Å². The van der Waals surface area contributed by atoms with Crippen LogP contribution in [-0.4, -0.2) is 56.0 Å². The highest BCUT2D eigenvalue weighted by Gasteiger charge is 2.33. The highest BCUT2D eigenvalue weighted by molar-refractivity contribution is 7.56. The van der Waals surface area contributed by atoms with Crippen LogP contribution < -0.4 is 5.09 Å². The number of alkyl halides is 6.